The van der Waals surface area contributed by atoms with Gasteiger partial charge >= 0.3 is 0 Å². The SMILES string of the molecule is CC(=O)c1ccc2c(c1)[C@H](NC(=O)c1ccccc1Cl)C(O)C(C)(C)O2. The lowest BCUT2D eigenvalue weighted by atomic mass is 9.85. The van der Waals surface area contributed by atoms with Gasteiger partial charge in [-0.05, 0) is 51.1 Å². The molecule has 0 aromatic heterocycles. The molecule has 26 heavy (non-hydrogen) atoms. The van der Waals surface area contributed by atoms with Crippen molar-refractivity contribution in [3.63, 3.8) is 0 Å². The zero-order valence-corrected chi connectivity index (χ0v) is 15.5. The summed E-state index contributed by atoms with van der Waals surface area (Å²) in [6.45, 7) is 4.95. The van der Waals surface area contributed by atoms with Gasteiger partial charge in [-0.1, -0.05) is 23.7 Å². The predicted octanol–water partition coefficient (Wildman–Crippen LogP) is 3.55. The summed E-state index contributed by atoms with van der Waals surface area (Å²) < 4.78 is 5.87. The number of ether oxygens (including phenoxy) is 1. The van der Waals surface area contributed by atoms with E-state index in [0.717, 1.165) is 0 Å². The first-order valence-corrected chi connectivity index (χ1v) is 8.66. The fourth-order valence-electron chi connectivity index (χ4n) is 3.04. The van der Waals surface area contributed by atoms with Gasteiger partial charge in [0.05, 0.1) is 16.6 Å². The number of amides is 1. The molecule has 1 aliphatic heterocycles. The summed E-state index contributed by atoms with van der Waals surface area (Å²) in [6.07, 6.45) is -1.01. The molecule has 0 bridgehead atoms. The van der Waals surface area contributed by atoms with Crippen LogP contribution in [0.3, 0.4) is 0 Å². The molecule has 1 amide bonds. The van der Waals surface area contributed by atoms with E-state index in [1.165, 1.54) is 6.92 Å². The summed E-state index contributed by atoms with van der Waals surface area (Å²) in [6, 6.07) is 11.0. The van der Waals surface area contributed by atoms with Gasteiger partial charge in [-0.3, -0.25) is 9.59 Å². The van der Waals surface area contributed by atoms with Crippen molar-refractivity contribution in [2.75, 3.05) is 0 Å². The van der Waals surface area contributed by atoms with E-state index < -0.39 is 23.7 Å². The molecule has 2 N–H and O–H groups in total. The van der Waals surface area contributed by atoms with E-state index in [1.807, 2.05) is 0 Å². The van der Waals surface area contributed by atoms with Crippen molar-refractivity contribution in [1.82, 2.24) is 5.32 Å². The van der Waals surface area contributed by atoms with Crippen LogP contribution in [0.1, 0.15) is 53.1 Å². The lowest BCUT2D eigenvalue weighted by molar-refractivity contribution is -0.0627. The van der Waals surface area contributed by atoms with Crippen molar-refractivity contribution in [3.05, 3.63) is 64.2 Å². The third kappa shape index (κ3) is 3.32. The molecule has 0 saturated heterocycles. The standard InChI is InChI=1S/C20H20ClNO4/c1-11(23)12-8-9-16-14(10-12)17(18(24)20(2,3)26-16)22-19(25)13-6-4-5-7-15(13)21/h4-10,17-18,24H,1-3H3,(H,22,25)/t17-,18?/m0/s1. The predicted molar refractivity (Wildman–Crippen MR) is 98.8 cm³/mol. The number of aliphatic hydroxyl groups is 1. The van der Waals surface area contributed by atoms with E-state index in [2.05, 4.69) is 5.32 Å². The topological polar surface area (TPSA) is 75.6 Å². The molecule has 5 nitrogen and oxygen atoms in total. The maximum Gasteiger partial charge on any atom is 0.253 e. The fourth-order valence-corrected chi connectivity index (χ4v) is 3.26. The molecule has 0 aliphatic carbocycles. The van der Waals surface area contributed by atoms with Crippen LogP contribution in [0.4, 0.5) is 0 Å². The van der Waals surface area contributed by atoms with Gasteiger partial charge in [0.25, 0.3) is 5.91 Å². The van der Waals surface area contributed by atoms with Crippen molar-refractivity contribution in [1.29, 1.82) is 0 Å². The molecular formula is C20H20ClNO4. The van der Waals surface area contributed by atoms with Crippen LogP contribution in [-0.4, -0.2) is 28.5 Å². The molecule has 1 heterocycles. The molecule has 1 aliphatic rings. The number of carbonyl (C=O) groups excluding carboxylic acids is 2. The number of fused-ring (bicyclic) bond motifs is 1. The van der Waals surface area contributed by atoms with Crippen LogP contribution in [0.2, 0.25) is 5.02 Å². The number of Topliss-reactive ketones (excluding diaryl/α,β-unsaturated/α-hetero) is 1. The van der Waals surface area contributed by atoms with Crippen molar-refractivity contribution in [2.24, 2.45) is 0 Å². The normalized spacial score (nSPS) is 20.7. The summed E-state index contributed by atoms with van der Waals surface area (Å²) in [5.74, 6) is 0.00888. The van der Waals surface area contributed by atoms with Gasteiger partial charge in [0.15, 0.2) is 5.78 Å². The molecule has 3 rings (SSSR count). The van der Waals surface area contributed by atoms with E-state index in [1.54, 1.807) is 56.3 Å². The maximum absolute atomic E-state index is 12.7. The summed E-state index contributed by atoms with van der Waals surface area (Å²) >= 11 is 6.10. The maximum atomic E-state index is 12.7. The Labute approximate surface area is 156 Å². The Morgan fingerprint density at radius 1 is 1.19 bits per heavy atom. The molecule has 0 fully saturated rings. The molecule has 2 aromatic rings. The lowest BCUT2D eigenvalue weighted by Crippen LogP contribution is -2.53. The lowest BCUT2D eigenvalue weighted by Gasteiger charge is -2.42. The average molecular weight is 374 g/mol. The highest BCUT2D eigenvalue weighted by molar-refractivity contribution is 6.33. The molecule has 2 aromatic carbocycles. The van der Waals surface area contributed by atoms with Crippen LogP contribution in [0.5, 0.6) is 5.75 Å². The summed E-state index contributed by atoms with van der Waals surface area (Å²) in [5.41, 5.74) is 0.444. The smallest absolute Gasteiger partial charge is 0.253 e. The summed E-state index contributed by atoms with van der Waals surface area (Å²) in [7, 11) is 0. The van der Waals surface area contributed by atoms with Gasteiger partial charge in [0.1, 0.15) is 17.5 Å². The molecule has 0 saturated carbocycles. The van der Waals surface area contributed by atoms with Crippen LogP contribution >= 0.6 is 11.6 Å². The first-order chi connectivity index (χ1) is 12.2. The van der Waals surface area contributed by atoms with Gasteiger partial charge in [0, 0.05) is 11.1 Å². The number of nitrogens with one attached hydrogen (secondary N) is 1. The second kappa shape index (κ2) is 6.74. The number of ketones is 1. The van der Waals surface area contributed by atoms with Gasteiger partial charge in [0.2, 0.25) is 0 Å². The number of halogens is 1. The van der Waals surface area contributed by atoms with Crippen LogP contribution in [0, 0.1) is 0 Å². The Morgan fingerprint density at radius 3 is 2.54 bits per heavy atom. The molecule has 1 unspecified atom stereocenters. The molecule has 6 heteroatoms. The second-order valence-corrected chi connectivity index (χ2v) is 7.30. The van der Waals surface area contributed by atoms with Crippen molar-refractivity contribution < 1.29 is 19.4 Å². The average Bonchev–Trinajstić information content (AvgIpc) is 2.58. The van der Waals surface area contributed by atoms with E-state index in [4.69, 9.17) is 16.3 Å². The number of hydrogen-bond donors (Lipinski definition) is 2. The molecule has 2 atom stereocenters. The molecule has 136 valence electrons. The van der Waals surface area contributed by atoms with Gasteiger partial charge in [-0.2, -0.15) is 0 Å². The number of aliphatic hydroxyl groups excluding tert-OH is 1. The first-order valence-electron chi connectivity index (χ1n) is 8.28. The quantitative estimate of drug-likeness (QED) is 0.807. The third-order valence-electron chi connectivity index (χ3n) is 4.56. The summed E-state index contributed by atoms with van der Waals surface area (Å²) in [5, 5.41) is 13.9. The molecule has 0 radical (unpaired) electrons. The van der Waals surface area contributed by atoms with E-state index >= 15 is 0 Å². The Balaban J connectivity index is 2.02. The molecule has 0 spiro atoms. The Bertz CT molecular complexity index is 878. The minimum Gasteiger partial charge on any atom is -0.485 e. The van der Waals surface area contributed by atoms with Crippen LogP contribution in [-0.2, 0) is 0 Å². The molecular weight excluding hydrogens is 354 g/mol. The summed E-state index contributed by atoms with van der Waals surface area (Å²) in [4.78, 5) is 24.4. The third-order valence-corrected chi connectivity index (χ3v) is 4.89. The Kier molecular flexibility index (Phi) is 4.78. The highest BCUT2D eigenvalue weighted by Crippen LogP contribution is 2.40. The van der Waals surface area contributed by atoms with Crippen molar-refractivity contribution >= 4 is 23.3 Å². The largest absolute Gasteiger partial charge is 0.485 e. The highest BCUT2D eigenvalue weighted by atomic mass is 35.5. The first kappa shape index (κ1) is 18.4. The van der Waals surface area contributed by atoms with Gasteiger partial charge in [-0.25, -0.2) is 0 Å². The number of hydrogen-bond acceptors (Lipinski definition) is 4. The van der Waals surface area contributed by atoms with Crippen molar-refractivity contribution in [2.45, 2.75) is 38.5 Å². The number of carbonyl (C=O) groups is 2. The fraction of sp³-hybridized carbons (Fsp3) is 0.300. The zero-order chi connectivity index (χ0) is 19.1. The van der Waals surface area contributed by atoms with Crippen molar-refractivity contribution in [3.8, 4) is 5.75 Å². The minimum atomic E-state index is -1.01. The van der Waals surface area contributed by atoms with Crippen LogP contribution in [0.25, 0.3) is 0 Å². The number of rotatable bonds is 3. The Morgan fingerprint density at radius 2 is 1.88 bits per heavy atom. The Hall–Kier alpha value is -2.37. The van der Waals surface area contributed by atoms with E-state index in [9.17, 15) is 14.7 Å². The monoisotopic (exact) mass is 373 g/mol. The van der Waals surface area contributed by atoms with Crippen LogP contribution < -0.4 is 10.1 Å². The van der Waals surface area contributed by atoms with Gasteiger partial charge < -0.3 is 15.2 Å². The highest BCUT2D eigenvalue weighted by Gasteiger charge is 2.43. The minimum absolute atomic E-state index is 0.108. The zero-order valence-electron chi connectivity index (χ0n) is 14.7. The number of benzene rings is 2. The van der Waals surface area contributed by atoms with Gasteiger partial charge in [-0.15, -0.1) is 0 Å². The van der Waals surface area contributed by atoms with E-state index in [-0.39, 0.29) is 5.78 Å². The van der Waals surface area contributed by atoms with E-state index in [0.29, 0.717) is 27.5 Å². The van der Waals surface area contributed by atoms with Crippen LogP contribution in [0.15, 0.2) is 42.5 Å². The second-order valence-electron chi connectivity index (χ2n) is 6.89.